The van der Waals surface area contributed by atoms with Crippen molar-refractivity contribution in [3.8, 4) is 0 Å². The van der Waals surface area contributed by atoms with Crippen LogP contribution in [0, 0.1) is 5.92 Å². The highest BCUT2D eigenvalue weighted by atomic mass is 19.4. The number of carboxylic acid groups (broad SMARTS) is 1. The maximum Gasteiger partial charge on any atom is 0.411 e. The Labute approximate surface area is 131 Å². The number of likely N-dealkylation sites (tertiary alicyclic amines) is 1. The Morgan fingerprint density at radius 1 is 1.35 bits per heavy atom. The Hall–Kier alpha value is -1.84. The molecular weight excluding hydrogens is 321 g/mol. The molecule has 0 saturated carbocycles. The summed E-state index contributed by atoms with van der Waals surface area (Å²) in [4.78, 5) is 36.9. The molecule has 1 N–H and O–H groups in total. The first-order chi connectivity index (χ1) is 10.6. The van der Waals surface area contributed by atoms with Crippen molar-refractivity contribution in [2.24, 2.45) is 5.92 Å². The summed E-state index contributed by atoms with van der Waals surface area (Å²) in [6.07, 6.45) is -3.48. The molecule has 0 aliphatic carbocycles. The van der Waals surface area contributed by atoms with Crippen LogP contribution >= 0.6 is 0 Å². The van der Waals surface area contributed by atoms with Gasteiger partial charge in [0.15, 0.2) is 0 Å². The molecule has 1 rings (SSSR count). The largest absolute Gasteiger partial charge is 0.481 e. The molecule has 7 nitrogen and oxygen atoms in total. The number of nitrogens with zero attached hydrogens (tertiary/aromatic N) is 2. The topological polar surface area (TPSA) is 87.2 Å². The third-order valence-electron chi connectivity index (χ3n) is 3.41. The van der Waals surface area contributed by atoms with Crippen molar-refractivity contribution in [1.82, 2.24) is 9.80 Å². The van der Waals surface area contributed by atoms with Crippen molar-refractivity contribution in [2.75, 3.05) is 39.9 Å². The highest BCUT2D eigenvalue weighted by molar-refractivity contribution is 5.85. The summed E-state index contributed by atoms with van der Waals surface area (Å²) in [5, 5.41) is 8.96. The third-order valence-corrected chi connectivity index (χ3v) is 3.41. The van der Waals surface area contributed by atoms with Gasteiger partial charge in [-0.1, -0.05) is 0 Å². The summed E-state index contributed by atoms with van der Waals surface area (Å²) in [6.45, 7) is -2.18. The van der Waals surface area contributed by atoms with Gasteiger partial charge in [-0.3, -0.25) is 14.4 Å². The van der Waals surface area contributed by atoms with Crippen molar-refractivity contribution < 1.29 is 37.4 Å². The first kappa shape index (κ1) is 19.2. The SMILES string of the molecule is CN(CC(=O)N1CCCC(C(=O)O)C1)C(=O)COCC(F)(F)F. The zero-order chi connectivity index (χ0) is 17.6. The number of carbonyl (C=O) groups excluding carboxylic acids is 2. The second-order valence-electron chi connectivity index (χ2n) is 5.37. The van der Waals surface area contributed by atoms with E-state index in [2.05, 4.69) is 4.74 Å². The van der Waals surface area contributed by atoms with E-state index in [0.29, 0.717) is 19.4 Å². The number of amides is 2. The van der Waals surface area contributed by atoms with Crippen LogP contribution in [0.15, 0.2) is 0 Å². The molecule has 23 heavy (non-hydrogen) atoms. The van der Waals surface area contributed by atoms with Crippen LogP contribution in [0.4, 0.5) is 13.2 Å². The maximum absolute atomic E-state index is 12.0. The number of hydrogen-bond acceptors (Lipinski definition) is 4. The number of alkyl halides is 3. The average Bonchev–Trinajstić information content (AvgIpc) is 2.45. The summed E-state index contributed by atoms with van der Waals surface area (Å²) >= 11 is 0. The zero-order valence-electron chi connectivity index (χ0n) is 12.6. The molecule has 1 fully saturated rings. The maximum atomic E-state index is 12.0. The van der Waals surface area contributed by atoms with Crippen LogP contribution in [0.2, 0.25) is 0 Å². The summed E-state index contributed by atoms with van der Waals surface area (Å²) in [5.41, 5.74) is 0. The van der Waals surface area contributed by atoms with Crippen LogP contribution in [0.1, 0.15) is 12.8 Å². The number of ether oxygens (including phenoxy) is 1. The lowest BCUT2D eigenvalue weighted by Gasteiger charge is -2.32. The third kappa shape index (κ3) is 6.85. The lowest BCUT2D eigenvalue weighted by Crippen LogP contribution is -2.47. The molecule has 1 heterocycles. The van der Waals surface area contributed by atoms with Gasteiger partial charge in [0.1, 0.15) is 13.2 Å². The Bertz CT molecular complexity index is 455. The summed E-state index contributed by atoms with van der Waals surface area (Å²) in [5.74, 6) is -2.81. The normalized spacial score (nSPS) is 18.6. The van der Waals surface area contributed by atoms with Crippen LogP contribution in [-0.2, 0) is 19.1 Å². The quantitative estimate of drug-likeness (QED) is 0.754. The number of piperidine rings is 1. The molecule has 132 valence electrons. The molecule has 0 aromatic rings. The molecular formula is C13H19F3N2O5. The van der Waals surface area contributed by atoms with E-state index in [1.54, 1.807) is 0 Å². The van der Waals surface area contributed by atoms with Crippen molar-refractivity contribution in [3.05, 3.63) is 0 Å². The number of carboxylic acids is 1. The second-order valence-corrected chi connectivity index (χ2v) is 5.37. The minimum absolute atomic E-state index is 0.0702. The van der Waals surface area contributed by atoms with Crippen LogP contribution in [0.25, 0.3) is 0 Å². The van der Waals surface area contributed by atoms with Gasteiger partial charge in [0.25, 0.3) is 0 Å². The first-order valence-electron chi connectivity index (χ1n) is 6.99. The van der Waals surface area contributed by atoms with Crippen LogP contribution in [-0.4, -0.2) is 78.8 Å². The Morgan fingerprint density at radius 3 is 2.57 bits per heavy atom. The molecule has 0 aromatic carbocycles. The van der Waals surface area contributed by atoms with Crippen LogP contribution in [0.3, 0.4) is 0 Å². The lowest BCUT2D eigenvalue weighted by molar-refractivity contribution is -0.178. The van der Waals surface area contributed by atoms with Crippen molar-refractivity contribution >= 4 is 17.8 Å². The standard InChI is InChI=1S/C13H19F3N2O5/c1-17(11(20)7-23-8-13(14,15)16)6-10(19)18-4-2-3-9(5-18)12(21)22/h9H,2-8H2,1H3,(H,21,22). The number of halogens is 3. The molecule has 0 aromatic heterocycles. The van der Waals surface area contributed by atoms with E-state index < -0.39 is 43.1 Å². The van der Waals surface area contributed by atoms with Gasteiger partial charge in [0.05, 0.1) is 12.5 Å². The molecule has 1 saturated heterocycles. The zero-order valence-corrected chi connectivity index (χ0v) is 12.6. The predicted octanol–water partition coefficient (Wildman–Crippen LogP) is 0.347. The fraction of sp³-hybridized carbons (Fsp3) is 0.769. The molecule has 0 bridgehead atoms. The minimum Gasteiger partial charge on any atom is -0.481 e. The van der Waals surface area contributed by atoms with Crippen LogP contribution < -0.4 is 0 Å². The average molecular weight is 340 g/mol. The molecule has 1 atom stereocenters. The summed E-state index contributed by atoms with van der Waals surface area (Å²) in [6, 6.07) is 0. The molecule has 1 aliphatic heterocycles. The highest BCUT2D eigenvalue weighted by Crippen LogP contribution is 2.17. The van der Waals surface area contributed by atoms with Crippen molar-refractivity contribution in [1.29, 1.82) is 0 Å². The fourth-order valence-electron chi connectivity index (χ4n) is 2.16. The number of likely N-dealkylation sites (N-methyl/N-ethyl adjacent to an activating group) is 1. The number of hydrogen-bond donors (Lipinski definition) is 1. The van der Waals surface area contributed by atoms with Gasteiger partial charge < -0.3 is 19.6 Å². The molecule has 1 aliphatic rings. The second kappa shape index (κ2) is 8.14. The number of aliphatic carboxylic acids is 1. The van der Waals surface area contributed by atoms with E-state index in [4.69, 9.17) is 5.11 Å². The van der Waals surface area contributed by atoms with Gasteiger partial charge >= 0.3 is 12.1 Å². The molecule has 2 amide bonds. The Balaban J connectivity index is 2.40. The Kier molecular flexibility index (Phi) is 6.79. The minimum atomic E-state index is -4.52. The molecule has 0 radical (unpaired) electrons. The van der Waals surface area contributed by atoms with E-state index in [-0.39, 0.29) is 13.1 Å². The van der Waals surface area contributed by atoms with Gasteiger partial charge in [-0.05, 0) is 12.8 Å². The van der Waals surface area contributed by atoms with Gasteiger partial charge in [0, 0.05) is 20.1 Å². The smallest absolute Gasteiger partial charge is 0.411 e. The van der Waals surface area contributed by atoms with E-state index >= 15 is 0 Å². The predicted molar refractivity (Wildman–Crippen MR) is 71.5 cm³/mol. The number of rotatable bonds is 6. The monoisotopic (exact) mass is 340 g/mol. The lowest BCUT2D eigenvalue weighted by atomic mass is 9.98. The van der Waals surface area contributed by atoms with E-state index in [1.165, 1.54) is 11.9 Å². The van der Waals surface area contributed by atoms with Crippen LogP contribution in [0.5, 0.6) is 0 Å². The molecule has 10 heteroatoms. The van der Waals surface area contributed by atoms with Gasteiger partial charge in [0.2, 0.25) is 11.8 Å². The van der Waals surface area contributed by atoms with Gasteiger partial charge in [-0.25, -0.2) is 0 Å². The van der Waals surface area contributed by atoms with Crippen molar-refractivity contribution in [2.45, 2.75) is 19.0 Å². The summed E-state index contributed by atoms with van der Waals surface area (Å²) < 4.78 is 39.9. The summed E-state index contributed by atoms with van der Waals surface area (Å²) in [7, 11) is 1.27. The number of carbonyl (C=O) groups is 3. The van der Waals surface area contributed by atoms with Crippen molar-refractivity contribution in [3.63, 3.8) is 0 Å². The van der Waals surface area contributed by atoms with Gasteiger partial charge in [-0.15, -0.1) is 0 Å². The first-order valence-corrected chi connectivity index (χ1v) is 6.99. The fourth-order valence-corrected chi connectivity index (χ4v) is 2.16. The van der Waals surface area contributed by atoms with E-state index in [0.717, 1.165) is 4.90 Å². The molecule has 1 unspecified atom stereocenters. The molecule has 0 spiro atoms. The Morgan fingerprint density at radius 2 is 2.00 bits per heavy atom. The van der Waals surface area contributed by atoms with E-state index in [9.17, 15) is 27.6 Å². The highest BCUT2D eigenvalue weighted by Gasteiger charge is 2.30. The van der Waals surface area contributed by atoms with Gasteiger partial charge in [-0.2, -0.15) is 13.2 Å². The van der Waals surface area contributed by atoms with E-state index in [1.807, 2.05) is 0 Å².